The number of aromatic carboxylic acids is 1. The lowest BCUT2D eigenvalue weighted by atomic mass is 10.1. The largest absolute Gasteiger partial charge is 0.489 e. The van der Waals surface area contributed by atoms with E-state index >= 15 is 0 Å². The van der Waals surface area contributed by atoms with Crippen molar-refractivity contribution in [2.24, 2.45) is 0 Å². The topological polar surface area (TPSA) is 71.6 Å². The highest BCUT2D eigenvalue weighted by Gasteiger charge is 2.12. The second-order valence-electron chi connectivity index (χ2n) is 5.53. The second kappa shape index (κ2) is 10.7. The molecule has 5 heteroatoms. The van der Waals surface area contributed by atoms with Crippen molar-refractivity contribution in [1.82, 2.24) is 4.98 Å². The predicted octanol–water partition coefficient (Wildman–Crippen LogP) is 5.11. The van der Waals surface area contributed by atoms with Gasteiger partial charge in [-0.05, 0) is 39.0 Å². The number of hydrogen-bond acceptors (Lipinski definition) is 3. The van der Waals surface area contributed by atoms with Gasteiger partial charge in [-0.3, -0.25) is 0 Å². The summed E-state index contributed by atoms with van der Waals surface area (Å²) >= 11 is 0. The lowest BCUT2D eigenvalue weighted by Crippen LogP contribution is -2.22. The molecule has 0 fully saturated rings. The Bertz CT molecular complexity index is 611. The summed E-state index contributed by atoms with van der Waals surface area (Å²) in [6.07, 6.45) is 1.76. The molecule has 0 aliphatic heterocycles. The van der Waals surface area contributed by atoms with Crippen LogP contribution in [0, 0.1) is 0 Å². The van der Waals surface area contributed by atoms with E-state index in [0.29, 0.717) is 19.0 Å². The van der Waals surface area contributed by atoms with Crippen LogP contribution in [0.25, 0.3) is 10.9 Å². The fourth-order valence-electron chi connectivity index (χ4n) is 1.87. The molecule has 0 radical (unpaired) electrons. The zero-order valence-corrected chi connectivity index (χ0v) is 15.9. The van der Waals surface area contributed by atoms with Gasteiger partial charge in [0.1, 0.15) is 12.4 Å². The van der Waals surface area contributed by atoms with Gasteiger partial charge >= 0.3 is 5.97 Å². The molecule has 0 aliphatic carbocycles. The number of aromatic nitrogens is 1. The van der Waals surface area contributed by atoms with E-state index in [-0.39, 0.29) is 11.2 Å². The van der Waals surface area contributed by atoms with E-state index in [1.54, 1.807) is 12.3 Å². The SMILES string of the molecule is CC.CC.CC(C)(C)OCCOc1cc(C(=O)O)cc2cc[nH]c12. The molecule has 1 aromatic heterocycles. The van der Waals surface area contributed by atoms with E-state index in [1.807, 2.05) is 54.5 Å². The Morgan fingerprint density at radius 3 is 2.29 bits per heavy atom. The zero-order chi connectivity index (χ0) is 18.8. The van der Waals surface area contributed by atoms with Gasteiger partial charge in [0, 0.05) is 11.6 Å². The van der Waals surface area contributed by atoms with Crippen molar-refractivity contribution in [2.45, 2.75) is 54.1 Å². The quantitative estimate of drug-likeness (QED) is 0.743. The number of ether oxygens (including phenoxy) is 2. The van der Waals surface area contributed by atoms with Gasteiger partial charge in [0.05, 0.1) is 23.3 Å². The number of benzene rings is 1. The van der Waals surface area contributed by atoms with Gasteiger partial charge in [-0.15, -0.1) is 0 Å². The molecule has 0 saturated heterocycles. The van der Waals surface area contributed by atoms with E-state index in [2.05, 4.69) is 4.98 Å². The van der Waals surface area contributed by atoms with Crippen LogP contribution in [0.5, 0.6) is 5.75 Å². The molecule has 0 unspecified atom stereocenters. The first-order valence-corrected chi connectivity index (χ1v) is 8.48. The fourth-order valence-corrected chi connectivity index (χ4v) is 1.87. The van der Waals surface area contributed by atoms with Gasteiger partial charge in [-0.1, -0.05) is 27.7 Å². The van der Waals surface area contributed by atoms with Gasteiger partial charge < -0.3 is 19.6 Å². The van der Waals surface area contributed by atoms with Gasteiger partial charge in [-0.25, -0.2) is 4.79 Å². The number of H-pyrrole nitrogens is 1. The molecule has 0 amide bonds. The summed E-state index contributed by atoms with van der Waals surface area (Å²) in [7, 11) is 0. The normalized spacial score (nSPS) is 10.3. The monoisotopic (exact) mass is 337 g/mol. The van der Waals surface area contributed by atoms with E-state index in [0.717, 1.165) is 10.9 Å². The predicted molar refractivity (Wildman–Crippen MR) is 99.2 cm³/mol. The summed E-state index contributed by atoms with van der Waals surface area (Å²) in [5.74, 6) is -0.439. The van der Waals surface area contributed by atoms with Gasteiger partial charge in [0.25, 0.3) is 0 Å². The molecule has 2 N–H and O–H groups in total. The molecule has 1 heterocycles. The maximum absolute atomic E-state index is 11.1. The van der Waals surface area contributed by atoms with Crippen LogP contribution in [0.3, 0.4) is 0 Å². The van der Waals surface area contributed by atoms with E-state index in [1.165, 1.54) is 6.07 Å². The summed E-state index contributed by atoms with van der Waals surface area (Å²) in [6, 6.07) is 4.96. The van der Waals surface area contributed by atoms with Crippen molar-refractivity contribution in [3.8, 4) is 5.75 Å². The Morgan fingerprint density at radius 1 is 1.12 bits per heavy atom. The van der Waals surface area contributed by atoms with Crippen molar-refractivity contribution in [3.63, 3.8) is 0 Å². The molecule has 0 atom stereocenters. The number of fused-ring (bicyclic) bond motifs is 1. The highest BCUT2D eigenvalue weighted by atomic mass is 16.5. The Morgan fingerprint density at radius 2 is 1.75 bits per heavy atom. The number of carboxylic acids is 1. The number of carboxylic acid groups (broad SMARTS) is 1. The van der Waals surface area contributed by atoms with Crippen molar-refractivity contribution in [1.29, 1.82) is 0 Å². The molecular formula is C19H31NO4. The highest BCUT2D eigenvalue weighted by Crippen LogP contribution is 2.26. The lowest BCUT2D eigenvalue weighted by Gasteiger charge is -2.19. The summed E-state index contributed by atoms with van der Waals surface area (Å²) in [6.45, 7) is 14.7. The minimum Gasteiger partial charge on any atom is -0.489 e. The zero-order valence-electron chi connectivity index (χ0n) is 15.9. The number of nitrogens with one attached hydrogen (secondary N) is 1. The third kappa shape index (κ3) is 7.04. The molecule has 5 nitrogen and oxygen atoms in total. The molecule has 0 spiro atoms. The maximum Gasteiger partial charge on any atom is 0.335 e. The van der Waals surface area contributed by atoms with Crippen molar-refractivity contribution < 1.29 is 19.4 Å². The van der Waals surface area contributed by atoms with E-state index in [9.17, 15) is 4.79 Å². The first-order chi connectivity index (χ1) is 11.4. The molecule has 2 rings (SSSR count). The molecule has 0 bridgehead atoms. The van der Waals surface area contributed by atoms with Gasteiger partial charge in [0.2, 0.25) is 0 Å². The number of rotatable bonds is 5. The number of aromatic amines is 1. The average molecular weight is 337 g/mol. The first kappa shape index (κ1) is 22.0. The Hall–Kier alpha value is -2.01. The van der Waals surface area contributed by atoms with Crippen LogP contribution in [-0.2, 0) is 4.74 Å². The van der Waals surface area contributed by atoms with E-state index < -0.39 is 5.97 Å². The fraction of sp³-hybridized carbons (Fsp3) is 0.526. The molecule has 0 saturated carbocycles. The van der Waals surface area contributed by atoms with Crippen LogP contribution in [-0.4, -0.2) is 34.9 Å². The van der Waals surface area contributed by atoms with Crippen molar-refractivity contribution >= 4 is 16.9 Å². The molecule has 136 valence electrons. The Labute approximate surface area is 145 Å². The minimum atomic E-state index is -0.969. The van der Waals surface area contributed by atoms with Crippen molar-refractivity contribution in [2.75, 3.05) is 13.2 Å². The Balaban J connectivity index is 0.00000123. The van der Waals surface area contributed by atoms with Crippen LogP contribution >= 0.6 is 0 Å². The van der Waals surface area contributed by atoms with Crippen LogP contribution in [0.1, 0.15) is 58.8 Å². The molecule has 24 heavy (non-hydrogen) atoms. The van der Waals surface area contributed by atoms with Crippen LogP contribution in [0.4, 0.5) is 0 Å². The summed E-state index contributed by atoms with van der Waals surface area (Å²) in [5, 5.41) is 9.91. The van der Waals surface area contributed by atoms with Gasteiger partial charge in [0.15, 0.2) is 0 Å². The molecular weight excluding hydrogens is 306 g/mol. The summed E-state index contributed by atoms with van der Waals surface area (Å²) < 4.78 is 11.2. The molecule has 0 aliphatic rings. The summed E-state index contributed by atoms with van der Waals surface area (Å²) in [5.41, 5.74) is 0.795. The minimum absolute atomic E-state index is 0.212. The van der Waals surface area contributed by atoms with Gasteiger partial charge in [-0.2, -0.15) is 0 Å². The third-order valence-electron chi connectivity index (χ3n) is 2.75. The van der Waals surface area contributed by atoms with Crippen LogP contribution in [0.15, 0.2) is 24.4 Å². The highest BCUT2D eigenvalue weighted by molar-refractivity contribution is 5.96. The van der Waals surface area contributed by atoms with Crippen molar-refractivity contribution in [3.05, 3.63) is 30.0 Å². The van der Waals surface area contributed by atoms with Crippen LogP contribution in [0.2, 0.25) is 0 Å². The maximum atomic E-state index is 11.1. The summed E-state index contributed by atoms with van der Waals surface area (Å²) in [4.78, 5) is 14.1. The van der Waals surface area contributed by atoms with E-state index in [4.69, 9.17) is 14.6 Å². The Kier molecular flexibility index (Phi) is 9.81. The average Bonchev–Trinajstić information content (AvgIpc) is 3.03. The molecule has 1 aromatic carbocycles. The number of carbonyl (C=O) groups is 1. The third-order valence-corrected chi connectivity index (χ3v) is 2.75. The second-order valence-corrected chi connectivity index (χ2v) is 5.53. The number of hydrogen-bond donors (Lipinski definition) is 2. The smallest absolute Gasteiger partial charge is 0.335 e. The standard InChI is InChI=1S/C15H19NO4.2C2H6/c1-15(2,3)20-7-6-19-12-9-11(14(17)18)8-10-4-5-16-13(10)12;2*1-2/h4-5,8-9,16H,6-7H2,1-3H3,(H,17,18);2*1-2H3. The van der Waals surface area contributed by atoms with Crippen LogP contribution < -0.4 is 4.74 Å². The molecule has 2 aromatic rings. The first-order valence-electron chi connectivity index (χ1n) is 8.48. The lowest BCUT2D eigenvalue weighted by molar-refractivity contribution is -0.0161.